The number of amides is 1. The first kappa shape index (κ1) is 28.5. The number of piperidine rings is 2. The monoisotopic (exact) mass is 552 g/mol. The highest BCUT2D eigenvalue weighted by molar-refractivity contribution is 6.05. The minimum absolute atomic E-state index is 0.0861. The number of carbonyl (C=O) groups is 1. The van der Waals surface area contributed by atoms with Gasteiger partial charge in [0.25, 0.3) is 23.3 Å². The number of aromatic nitrogens is 2. The summed E-state index contributed by atoms with van der Waals surface area (Å²) in [6.07, 6.45) is -3.70. The average Bonchev–Trinajstić information content (AvgIpc) is 3.19. The van der Waals surface area contributed by atoms with Crippen molar-refractivity contribution in [1.29, 1.82) is 0 Å². The number of hydrogen-bond donors (Lipinski definition) is 16. The van der Waals surface area contributed by atoms with Gasteiger partial charge in [0.15, 0.2) is 5.69 Å². The topological polar surface area (TPSA) is 354 Å². The Morgan fingerprint density at radius 2 is 1.26 bits per heavy atom. The maximum absolute atomic E-state index is 13.1. The van der Waals surface area contributed by atoms with Gasteiger partial charge in [-0.1, -0.05) is 18.2 Å². The Bertz CT molecular complexity index is 1270. The summed E-state index contributed by atoms with van der Waals surface area (Å²) in [6, 6.07) is 1.41. The summed E-state index contributed by atoms with van der Waals surface area (Å²) in [4.78, 5) is 12.5. The van der Waals surface area contributed by atoms with Gasteiger partial charge in [-0.25, -0.2) is 4.90 Å². The van der Waals surface area contributed by atoms with Gasteiger partial charge >= 0.3 is 6.10 Å². The van der Waals surface area contributed by atoms with Crippen LogP contribution in [0.2, 0.25) is 0 Å². The maximum Gasteiger partial charge on any atom is 0.389 e. The molecule has 0 radical (unpaired) electrons. The third-order valence-electron chi connectivity index (χ3n) is 7.11. The van der Waals surface area contributed by atoms with Crippen molar-refractivity contribution >= 4 is 16.8 Å². The minimum atomic E-state index is -4.97. The maximum atomic E-state index is 13.1. The van der Waals surface area contributed by atoms with Crippen LogP contribution in [0.5, 0.6) is 0 Å². The van der Waals surface area contributed by atoms with E-state index < -0.39 is 69.0 Å². The first-order valence-electron chi connectivity index (χ1n) is 10.3. The van der Waals surface area contributed by atoms with E-state index >= 15 is 0 Å². The highest BCUT2D eigenvalue weighted by Gasteiger charge is 2.96. The van der Waals surface area contributed by atoms with E-state index in [4.69, 9.17) is 0 Å². The van der Waals surface area contributed by atoms with Crippen molar-refractivity contribution < 1.29 is 81.4 Å². The molecule has 1 amide bonds. The highest BCUT2D eigenvalue weighted by atomic mass is 16.7. The number of aliphatic hydroxyl groups is 15. The van der Waals surface area contributed by atoms with Gasteiger partial charge in [0.1, 0.15) is 6.04 Å². The third kappa shape index (κ3) is 2.80. The van der Waals surface area contributed by atoms with Gasteiger partial charge in [0, 0.05) is 5.39 Å². The van der Waals surface area contributed by atoms with Gasteiger partial charge in [-0.05, 0) is 13.1 Å². The molecule has 38 heavy (non-hydrogen) atoms. The molecule has 2 saturated heterocycles. The second-order valence-electron chi connectivity index (χ2n) is 9.16. The number of likely N-dealkylation sites (N-methyl/N-ethyl adjacent to an activating group) is 1. The standard InChI is InChI=1S/C18H24N4O16/c1-21-13(28)11(24,25)10(12(26,27)14(21,29)16(32,33)17(34,35)15(13,30)31)19-9(23)8-6-4-2-3-5-7(6)22(20-8)18(36,37)38/h2-5,10,24-38H,1H3,(H,19,23). The predicted octanol–water partition coefficient (Wildman–Crippen LogP) is -9.58. The number of nitrogens with zero attached hydrogens (tertiary/aromatic N) is 3. The van der Waals surface area contributed by atoms with Gasteiger partial charge < -0.3 is 81.9 Å². The fourth-order valence-corrected chi connectivity index (χ4v) is 4.98. The van der Waals surface area contributed by atoms with Gasteiger partial charge in [-0.2, -0.15) is 9.78 Å². The van der Waals surface area contributed by atoms with Crippen molar-refractivity contribution in [1.82, 2.24) is 20.0 Å². The lowest BCUT2D eigenvalue weighted by Gasteiger charge is -2.72. The van der Waals surface area contributed by atoms with Crippen molar-refractivity contribution in [3.8, 4) is 0 Å². The van der Waals surface area contributed by atoms with Gasteiger partial charge in [-0.3, -0.25) is 4.79 Å². The lowest BCUT2D eigenvalue weighted by Crippen LogP contribution is -3.05. The van der Waals surface area contributed by atoms with Gasteiger partial charge in [0.05, 0.1) is 5.52 Å². The zero-order valence-electron chi connectivity index (χ0n) is 18.8. The normalized spacial score (nSPS) is 33.2. The summed E-state index contributed by atoms with van der Waals surface area (Å²) >= 11 is 0. The number of carbonyl (C=O) groups excluding carboxylic acids is 1. The molecule has 2 aliphatic heterocycles. The Morgan fingerprint density at radius 1 is 0.816 bits per heavy atom. The van der Waals surface area contributed by atoms with Crippen molar-refractivity contribution in [3.63, 3.8) is 0 Å². The predicted molar refractivity (Wildman–Crippen MR) is 109 cm³/mol. The number of para-hydroxylation sites is 1. The molecule has 212 valence electrons. The van der Waals surface area contributed by atoms with Crippen LogP contribution in [-0.4, -0.2) is 151 Å². The molecule has 1 aromatic heterocycles. The van der Waals surface area contributed by atoms with Crippen LogP contribution < -0.4 is 5.32 Å². The Balaban J connectivity index is 1.93. The zero-order chi connectivity index (χ0) is 29.3. The van der Waals surface area contributed by atoms with Crippen LogP contribution in [0.1, 0.15) is 10.5 Å². The van der Waals surface area contributed by atoms with E-state index in [1.165, 1.54) is 17.4 Å². The number of rotatable bonds is 3. The number of benzene rings is 1. The van der Waals surface area contributed by atoms with Crippen LogP contribution in [0.3, 0.4) is 0 Å². The van der Waals surface area contributed by atoms with Crippen LogP contribution in [0.25, 0.3) is 10.9 Å². The molecule has 0 saturated carbocycles. The summed E-state index contributed by atoms with van der Waals surface area (Å²) in [6.45, 7) is 0. The largest absolute Gasteiger partial charge is 0.389 e. The Hall–Kier alpha value is -2.48. The molecule has 2 bridgehead atoms. The van der Waals surface area contributed by atoms with Gasteiger partial charge in [-0.15, -0.1) is 0 Å². The highest BCUT2D eigenvalue weighted by Crippen LogP contribution is 2.60. The van der Waals surface area contributed by atoms with Gasteiger partial charge in [0.2, 0.25) is 23.0 Å². The van der Waals surface area contributed by atoms with E-state index in [9.17, 15) is 81.4 Å². The lowest BCUT2D eigenvalue weighted by atomic mass is 9.61. The molecule has 2 aromatic rings. The number of hydrogen-bond acceptors (Lipinski definition) is 18. The smallest absolute Gasteiger partial charge is 0.366 e. The van der Waals surface area contributed by atoms with E-state index in [-0.39, 0.29) is 22.6 Å². The SMILES string of the molecule is CN1C2(O)C(O)(O)C(NC(=O)c3nn(C(O)(O)O)c4ccccc34)C(O)(O)C1(O)C(O)(O)C(O)(O)C2(O)O. The summed E-state index contributed by atoms with van der Waals surface area (Å²) in [5, 5.41) is 160. The molecule has 16 N–H and O–H groups in total. The number of nitrogens with one attached hydrogen (secondary N) is 1. The molecule has 2 aliphatic rings. The molecule has 2 fully saturated rings. The van der Waals surface area contributed by atoms with Crippen LogP contribution >= 0.6 is 0 Å². The molecule has 1 aromatic carbocycles. The van der Waals surface area contributed by atoms with E-state index in [2.05, 4.69) is 5.10 Å². The van der Waals surface area contributed by atoms with Crippen LogP contribution in [-0.2, 0) is 6.10 Å². The van der Waals surface area contributed by atoms with Crippen LogP contribution in [0, 0.1) is 0 Å². The molecule has 4 rings (SSSR count). The van der Waals surface area contributed by atoms with E-state index in [0.717, 1.165) is 12.1 Å². The Labute approximate surface area is 208 Å². The molecule has 20 heteroatoms. The summed E-state index contributed by atoms with van der Waals surface area (Å²) < 4.78 is 0.0861. The minimum Gasteiger partial charge on any atom is -0.366 e. The first-order valence-corrected chi connectivity index (χ1v) is 10.3. The summed E-state index contributed by atoms with van der Waals surface area (Å²) in [5.74, 6) is -25.5. The lowest BCUT2D eigenvalue weighted by molar-refractivity contribution is -0.633. The fourth-order valence-electron chi connectivity index (χ4n) is 4.98. The molecular formula is C18H24N4O16. The third-order valence-corrected chi connectivity index (χ3v) is 7.11. The van der Waals surface area contributed by atoms with Crippen molar-refractivity contribution in [3.05, 3.63) is 30.0 Å². The molecule has 20 nitrogen and oxygen atoms in total. The Morgan fingerprint density at radius 3 is 1.71 bits per heavy atom. The quantitative estimate of drug-likeness (QED) is 0.157. The van der Waals surface area contributed by atoms with Crippen LogP contribution in [0.15, 0.2) is 24.3 Å². The second-order valence-corrected chi connectivity index (χ2v) is 9.16. The number of fused-ring (bicyclic) bond motifs is 3. The van der Waals surface area contributed by atoms with E-state index in [1.54, 1.807) is 0 Å². The molecule has 0 aliphatic carbocycles. The zero-order valence-corrected chi connectivity index (χ0v) is 18.8. The molecule has 2 atom stereocenters. The Kier molecular flexibility index (Phi) is 5.54. The average molecular weight is 552 g/mol. The molecule has 0 spiro atoms. The summed E-state index contributed by atoms with van der Waals surface area (Å²) in [5.41, 5.74) is -10.2. The first-order chi connectivity index (χ1) is 16.9. The molecule has 2 unspecified atom stereocenters. The molecular weight excluding hydrogens is 528 g/mol. The van der Waals surface area contributed by atoms with Crippen molar-refractivity contribution in [2.75, 3.05) is 7.05 Å². The van der Waals surface area contributed by atoms with Crippen molar-refractivity contribution in [2.24, 2.45) is 0 Å². The van der Waals surface area contributed by atoms with E-state index in [1.807, 2.05) is 0 Å². The van der Waals surface area contributed by atoms with Crippen molar-refractivity contribution in [2.45, 2.75) is 52.5 Å². The molecule has 3 heterocycles. The van der Waals surface area contributed by atoms with E-state index in [0.29, 0.717) is 0 Å². The second kappa shape index (κ2) is 7.38. The summed E-state index contributed by atoms with van der Waals surface area (Å²) in [7, 11) is 0.247. The fraction of sp³-hybridized carbons (Fsp3) is 0.556. The van der Waals surface area contributed by atoms with Crippen LogP contribution in [0.4, 0.5) is 0 Å².